The minimum Gasteiger partial charge on any atom is -0.493 e. The summed E-state index contributed by atoms with van der Waals surface area (Å²) in [6, 6.07) is 7.35. The van der Waals surface area contributed by atoms with E-state index in [1.54, 1.807) is 12.1 Å². The highest BCUT2D eigenvalue weighted by Crippen LogP contribution is 2.40. The lowest BCUT2D eigenvalue weighted by Gasteiger charge is -2.18. The molecule has 2 aromatic carbocycles. The van der Waals surface area contributed by atoms with Crippen molar-refractivity contribution < 1.29 is 9.53 Å². The second-order valence-corrected chi connectivity index (χ2v) is 7.05. The molecule has 0 fully saturated rings. The predicted octanol–water partition coefficient (Wildman–Crippen LogP) is 3.77. The van der Waals surface area contributed by atoms with E-state index in [2.05, 4.69) is 32.2 Å². The number of hydrogen-bond donors (Lipinski definition) is 1. The molecule has 136 valence electrons. The fraction of sp³-hybridized carbons (Fsp3) is 0.364. The number of carbonyl (C=O) groups is 1. The van der Waals surface area contributed by atoms with Crippen LogP contribution in [0.1, 0.15) is 47.2 Å². The van der Waals surface area contributed by atoms with Crippen molar-refractivity contribution in [2.75, 3.05) is 7.11 Å². The molecule has 0 saturated heterocycles. The summed E-state index contributed by atoms with van der Waals surface area (Å²) in [4.78, 5) is 24.3. The van der Waals surface area contributed by atoms with E-state index < -0.39 is 0 Å². The summed E-state index contributed by atoms with van der Waals surface area (Å²) >= 11 is 0. The van der Waals surface area contributed by atoms with Crippen LogP contribution in [0.3, 0.4) is 0 Å². The van der Waals surface area contributed by atoms with E-state index in [0.717, 1.165) is 24.0 Å². The summed E-state index contributed by atoms with van der Waals surface area (Å²) in [5.41, 5.74) is 7.87. The molecule has 1 atom stereocenters. The van der Waals surface area contributed by atoms with Crippen molar-refractivity contribution in [3.8, 4) is 16.9 Å². The van der Waals surface area contributed by atoms with E-state index >= 15 is 0 Å². The number of rotatable bonds is 2. The number of methoxy groups -OCH3 is 1. The largest absolute Gasteiger partial charge is 0.493 e. The van der Waals surface area contributed by atoms with Gasteiger partial charge in [-0.25, -0.2) is 0 Å². The Morgan fingerprint density at radius 1 is 1.15 bits per heavy atom. The van der Waals surface area contributed by atoms with Gasteiger partial charge in [-0.2, -0.15) is 0 Å². The lowest BCUT2D eigenvalue weighted by molar-refractivity contribution is -0.119. The molecular formula is C22H25NO3. The zero-order valence-corrected chi connectivity index (χ0v) is 16.0. The first-order valence-electron chi connectivity index (χ1n) is 8.93. The average molecular weight is 351 g/mol. The molecule has 1 amide bonds. The van der Waals surface area contributed by atoms with Crippen LogP contribution in [-0.4, -0.2) is 13.0 Å². The second kappa shape index (κ2) is 6.94. The van der Waals surface area contributed by atoms with Crippen LogP contribution < -0.4 is 15.5 Å². The molecule has 3 rings (SSSR count). The van der Waals surface area contributed by atoms with Crippen LogP contribution in [0, 0.1) is 20.8 Å². The number of aryl methyl sites for hydroxylation is 2. The molecule has 0 heterocycles. The molecule has 4 nitrogen and oxygen atoms in total. The summed E-state index contributed by atoms with van der Waals surface area (Å²) < 4.78 is 5.23. The van der Waals surface area contributed by atoms with Crippen molar-refractivity contribution in [1.82, 2.24) is 5.32 Å². The third-order valence-corrected chi connectivity index (χ3v) is 5.43. The molecule has 0 spiro atoms. The normalized spacial score (nSPS) is 15.5. The van der Waals surface area contributed by atoms with E-state index in [1.165, 1.54) is 41.9 Å². The van der Waals surface area contributed by atoms with E-state index in [4.69, 9.17) is 4.74 Å². The maximum atomic E-state index is 12.5. The fourth-order valence-electron chi connectivity index (χ4n) is 3.90. The van der Waals surface area contributed by atoms with Gasteiger partial charge in [0.15, 0.2) is 5.75 Å². The molecule has 4 heteroatoms. The van der Waals surface area contributed by atoms with Crippen molar-refractivity contribution >= 4 is 5.91 Å². The molecule has 1 aliphatic rings. The van der Waals surface area contributed by atoms with Crippen LogP contribution >= 0.6 is 0 Å². The molecule has 0 bridgehead atoms. The Kier molecular flexibility index (Phi) is 4.86. The highest BCUT2D eigenvalue weighted by atomic mass is 16.5. The van der Waals surface area contributed by atoms with Gasteiger partial charge in [0.05, 0.1) is 13.2 Å². The molecule has 0 radical (unpaired) electrons. The Bertz CT molecular complexity index is 947. The monoisotopic (exact) mass is 351 g/mol. The molecule has 2 aromatic rings. The zero-order valence-electron chi connectivity index (χ0n) is 16.0. The Balaban J connectivity index is 2.38. The van der Waals surface area contributed by atoms with E-state index in [-0.39, 0.29) is 17.4 Å². The van der Waals surface area contributed by atoms with Crippen LogP contribution in [0.25, 0.3) is 11.1 Å². The first-order valence-corrected chi connectivity index (χ1v) is 8.93. The van der Waals surface area contributed by atoms with E-state index in [1.807, 2.05) is 6.07 Å². The predicted molar refractivity (Wildman–Crippen MR) is 104 cm³/mol. The Hall–Kier alpha value is -2.62. The minimum absolute atomic E-state index is 0.0955. The van der Waals surface area contributed by atoms with Gasteiger partial charge in [-0.3, -0.25) is 9.59 Å². The van der Waals surface area contributed by atoms with Crippen LogP contribution in [0.5, 0.6) is 5.75 Å². The Labute approximate surface area is 154 Å². The third-order valence-electron chi connectivity index (χ3n) is 5.43. The van der Waals surface area contributed by atoms with Gasteiger partial charge in [0.1, 0.15) is 0 Å². The summed E-state index contributed by atoms with van der Waals surface area (Å²) in [6.07, 6.45) is 1.61. The average Bonchev–Trinajstić information content (AvgIpc) is 2.82. The summed E-state index contributed by atoms with van der Waals surface area (Å²) in [6.45, 7) is 7.90. The molecule has 1 N–H and O–H groups in total. The fourth-order valence-corrected chi connectivity index (χ4v) is 3.90. The van der Waals surface area contributed by atoms with Crippen LogP contribution in [0.4, 0.5) is 0 Å². The summed E-state index contributed by atoms with van der Waals surface area (Å²) in [5, 5.41) is 3.02. The first kappa shape index (κ1) is 18.2. The number of carbonyl (C=O) groups excluding carboxylic acids is 1. The van der Waals surface area contributed by atoms with Gasteiger partial charge >= 0.3 is 0 Å². The first-order chi connectivity index (χ1) is 12.3. The van der Waals surface area contributed by atoms with E-state index in [9.17, 15) is 9.59 Å². The quantitative estimate of drug-likeness (QED) is 0.896. The van der Waals surface area contributed by atoms with Crippen molar-refractivity contribution in [2.24, 2.45) is 0 Å². The summed E-state index contributed by atoms with van der Waals surface area (Å²) in [7, 11) is 1.50. The van der Waals surface area contributed by atoms with Crippen molar-refractivity contribution in [2.45, 2.75) is 46.6 Å². The molecule has 0 aliphatic heterocycles. The number of benzene rings is 1. The number of nitrogens with one attached hydrogen (secondary N) is 1. The number of fused-ring (bicyclic) bond motifs is 3. The van der Waals surface area contributed by atoms with Gasteiger partial charge in [0, 0.05) is 6.92 Å². The SMILES string of the molecule is COc1ccc2c(cc1=O)[C@@H](NC(C)=O)CCc1cc(C)c(C)c(C)c1-2. The maximum Gasteiger partial charge on any atom is 0.220 e. The molecule has 0 saturated carbocycles. The smallest absolute Gasteiger partial charge is 0.220 e. The number of ether oxygens (including phenoxy) is 1. The van der Waals surface area contributed by atoms with Crippen LogP contribution in [0.15, 0.2) is 29.1 Å². The zero-order chi connectivity index (χ0) is 19.0. The van der Waals surface area contributed by atoms with Gasteiger partial charge in [0.25, 0.3) is 0 Å². The van der Waals surface area contributed by atoms with Crippen molar-refractivity contribution in [1.29, 1.82) is 0 Å². The molecular weight excluding hydrogens is 326 g/mol. The lowest BCUT2D eigenvalue weighted by Crippen LogP contribution is -2.26. The maximum absolute atomic E-state index is 12.5. The molecule has 26 heavy (non-hydrogen) atoms. The summed E-state index contributed by atoms with van der Waals surface area (Å²) in [5.74, 6) is 0.213. The van der Waals surface area contributed by atoms with E-state index in [0.29, 0.717) is 5.75 Å². The second-order valence-electron chi connectivity index (χ2n) is 7.05. The van der Waals surface area contributed by atoms with Gasteiger partial charge in [-0.1, -0.05) is 12.1 Å². The highest BCUT2D eigenvalue weighted by molar-refractivity contribution is 5.79. The van der Waals surface area contributed by atoms with Crippen molar-refractivity contribution in [3.05, 3.63) is 62.3 Å². The Morgan fingerprint density at radius 2 is 1.88 bits per heavy atom. The van der Waals surface area contributed by atoms with Gasteiger partial charge in [-0.15, -0.1) is 0 Å². The molecule has 1 aliphatic carbocycles. The van der Waals surface area contributed by atoms with Crippen molar-refractivity contribution in [3.63, 3.8) is 0 Å². The standard InChI is InChI=1S/C22H25NO3/c1-12-10-16-6-8-19(23-15(4)24)18-11-20(25)21(26-5)9-7-17(18)22(16)14(3)13(12)2/h7,9-11,19H,6,8H2,1-5H3,(H,23,24)/t19-/m0/s1. The number of hydrogen-bond acceptors (Lipinski definition) is 3. The van der Waals surface area contributed by atoms with Gasteiger partial charge < -0.3 is 10.1 Å². The third kappa shape index (κ3) is 3.12. The molecule has 0 aromatic heterocycles. The Morgan fingerprint density at radius 3 is 2.54 bits per heavy atom. The van der Waals surface area contributed by atoms with Crippen LogP contribution in [0.2, 0.25) is 0 Å². The lowest BCUT2D eigenvalue weighted by atomic mass is 9.88. The van der Waals surface area contributed by atoms with Gasteiger partial charge in [0.2, 0.25) is 11.3 Å². The van der Waals surface area contributed by atoms with Gasteiger partial charge in [-0.05, 0) is 84.7 Å². The van der Waals surface area contributed by atoms with Crippen LogP contribution in [-0.2, 0) is 11.2 Å². The molecule has 0 unspecified atom stereocenters. The number of amides is 1. The highest BCUT2D eigenvalue weighted by Gasteiger charge is 2.25. The minimum atomic E-state index is -0.195. The topological polar surface area (TPSA) is 55.4 Å².